The minimum atomic E-state index is -1.10. The molecule has 2 aromatic rings. The van der Waals surface area contributed by atoms with Gasteiger partial charge in [-0.25, -0.2) is 0 Å². The fourth-order valence-electron chi connectivity index (χ4n) is 5.90. The van der Waals surface area contributed by atoms with Crippen molar-refractivity contribution < 1.29 is 14.3 Å². The van der Waals surface area contributed by atoms with Gasteiger partial charge in [0.25, 0.3) is 0 Å². The average Bonchev–Trinajstić information content (AvgIpc) is 3.34. The lowest BCUT2D eigenvalue weighted by Gasteiger charge is -2.54. The van der Waals surface area contributed by atoms with Crippen LogP contribution >= 0.6 is 23.2 Å². The molecule has 7 rings (SSSR count). The van der Waals surface area contributed by atoms with Crippen LogP contribution in [0.4, 0.5) is 0 Å². The van der Waals surface area contributed by atoms with Gasteiger partial charge in [-0.05, 0) is 35.1 Å². The Labute approximate surface area is 178 Å². The molecule has 3 atom stereocenters. The fourth-order valence-corrected chi connectivity index (χ4v) is 6.99. The number of carbonyl (C=O) groups is 2. The first-order valence-electron chi connectivity index (χ1n) is 10.0. The molecule has 3 aliphatic carbocycles. The number of halogens is 2. The second-order valence-electron chi connectivity index (χ2n) is 8.39. The summed E-state index contributed by atoms with van der Waals surface area (Å²) < 4.78 is 5.70. The first kappa shape index (κ1) is 17.9. The molecule has 0 unspecified atom stereocenters. The summed E-state index contributed by atoms with van der Waals surface area (Å²) in [4.78, 5) is 26.4. The molecule has 2 aromatic carbocycles. The van der Waals surface area contributed by atoms with Gasteiger partial charge in [0.05, 0.1) is 24.5 Å². The third-order valence-electron chi connectivity index (χ3n) is 7.09. The van der Waals surface area contributed by atoms with Gasteiger partial charge in [-0.15, -0.1) is 23.2 Å². The first-order valence-corrected chi connectivity index (χ1v) is 10.8. The molecule has 6 heteroatoms. The van der Waals surface area contributed by atoms with Crippen molar-refractivity contribution in [1.82, 2.24) is 4.90 Å². The Kier molecular flexibility index (Phi) is 3.61. The largest absolute Gasteiger partial charge is 0.376 e. The summed E-state index contributed by atoms with van der Waals surface area (Å²) in [5.74, 6) is -1.92. The van der Waals surface area contributed by atoms with Gasteiger partial charge in [0.2, 0.25) is 11.8 Å². The van der Waals surface area contributed by atoms with Crippen molar-refractivity contribution in [3.05, 3.63) is 70.8 Å². The van der Waals surface area contributed by atoms with Gasteiger partial charge in [-0.1, -0.05) is 48.5 Å². The summed E-state index contributed by atoms with van der Waals surface area (Å²) in [6.45, 7) is 0.945. The quantitative estimate of drug-likeness (QED) is 0.541. The maximum atomic E-state index is 13.6. The zero-order chi connectivity index (χ0) is 20.0. The van der Waals surface area contributed by atoms with E-state index in [0.717, 1.165) is 35.1 Å². The number of hydrogen-bond acceptors (Lipinski definition) is 3. The summed E-state index contributed by atoms with van der Waals surface area (Å²) in [5, 5.41) is 0. The van der Waals surface area contributed by atoms with Crippen molar-refractivity contribution in [1.29, 1.82) is 0 Å². The highest BCUT2D eigenvalue weighted by Gasteiger charge is 2.73. The van der Waals surface area contributed by atoms with Crippen LogP contribution in [0.15, 0.2) is 48.5 Å². The molecule has 2 amide bonds. The number of imide groups is 1. The van der Waals surface area contributed by atoms with Crippen LogP contribution in [0.25, 0.3) is 0 Å². The Morgan fingerprint density at radius 2 is 1.31 bits per heavy atom. The van der Waals surface area contributed by atoms with Gasteiger partial charge in [0.15, 0.2) is 0 Å². The molecule has 29 heavy (non-hydrogen) atoms. The number of nitrogens with zero attached hydrogens (tertiary/aromatic N) is 1. The standard InChI is InChI=1S/C23H19Cl2NO3/c24-22-14-7-1-2-8-15(14)23(25,17-10-4-3-9-16(17)22)19-18(22)20(27)26(21(19)28)12-13-6-5-11-29-13/h1-4,7-10,13,18-19H,5-6,11-12H2/t13-,18+,19+,22?,23?/m1/s1. The summed E-state index contributed by atoms with van der Waals surface area (Å²) in [5.41, 5.74) is 3.32. The predicted octanol–water partition coefficient (Wildman–Crippen LogP) is 3.76. The molecule has 2 saturated heterocycles. The Balaban J connectivity index is 1.58. The van der Waals surface area contributed by atoms with E-state index in [9.17, 15) is 9.59 Å². The number of carbonyl (C=O) groups excluding carboxylic acids is 2. The molecule has 0 spiro atoms. The molecule has 0 aromatic heterocycles. The van der Waals surface area contributed by atoms with Crippen LogP contribution in [0.3, 0.4) is 0 Å². The molecule has 0 radical (unpaired) electrons. The Hall–Kier alpha value is -1.88. The zero-order valence-corrected chi connectivity index (χ0v) is 17.1. The number of alkyl halides is 2. The second-order valence-corrected chi connectivity index (χ2v) is 9.58. The molecule has 2 heterocycles. The van der Waals surface area contributed by atoms with Crippen LogP contribution in [0.1, 0.15) is 35.1 Å². The normalized spacial score (nSPS) is 36.9. The molecular weight excluding hydrogens is 409 g/mol. The molecule has 0 N–H and O–H groups in total. The van der Waals surface area contributed by atoms with Crippen LogP contribution in [-0.4, -0.2) is 36.0 Å². The number of ether oxygens (including phenoxy) is 1. The molecule has 0 saturated carbocycles. The third kappa shape index (κ3) is 2.00. The smallest absolute Gasteiger partial charge is 0.235 e. The van der Waals surface area contributed by atoms with E-state index in [1.807, 2.05) is 48.5 Å². The molecule has 2 fully saturated rings. The van der Waals surface area contributed by atoms with Gasteiger partial charge < -0.3 is 4.74 Å². The zero-order valence-electron chi connectivity index (χ0n) is 15.6. The van der Waals surface area contributed by atoms with E-state index in [4.69, 9.17) is 27.9 Å². The van der Waals surface area contributed by atoms with Crippen LogP contribution in [-0.2, 0) is 24.1 Å². The predicted molar refractivity (Wildman–Crippen MR) is 109 cm³/mol. The van der Waals surface area contributed by atoms with Gasteiger partial charge in [0, 0.05) is 6.61 Å². The Morgan fingerprint density at radius 3 is 1.69 bits per heavy atom. The van der Waals surface area contributed by atoms with Gasteiger partial charge in [-0.3, -0.25) is 14.5 Å². The minimum Gasteiger partial charge on any atom is -0.376 e. The van der Waals surface area contributed by atoms with E-state index in [1.54, 1.807) is 0 Å². The summed E-state index contributed by atoms with van der Waals surface area (Å²) >= 11 is 14.7. The lowest BCUT2D eigenvalue weighted by atomic mass is 9.54. The SMILES string of the molecule is O=C1[C@@H]2[C@@H](C(=O)N1C[C@H]1CCCO1)C1(Cl)c3ccccc3C2(Cl)c2ccccc21. The lowest BCUT2D eigenvalue weighted by Crippen LogP contribution is -2.57. The monoisotopic (exact) mass is 427 g/mol. The van der Waals surface area contributed by atoms with E-state index in [2.05, 4.69) is 0 Å². The number of benzene rings is 2. The number of rotatable bonds is 2. The summed E-state index contributed by atoms with van der Waals surface area (Å²) in [6.07, 6.45) is 1.69. The summed E-state index contributed by atoms with van der Waals surface area (Å²) in [6, 6.07) is 15.4. The molecular formula is C23H19Cl2NO3. The summed E-state index contributed by atoms with van der Waals surface area (Å²) in [7, 11) is 0. The molecule has 2 aliphatic heterocycles. The highest BCUT2D eigenvalue weighted by atomic mass is 35.5. The number of amides is 2. The van der Waals surface area contributed by atoms with Gasteiger partial charge >= 0.3 is 0 Å². The number of likely N-dealkylation sites (tertiary alicyclic amines) is 1. The van der Waals surface area contributed by atoms with E-state index < -0.39 is 21.6 Å². The topological polar surface area (TPSA) is 46.6 Å². The van der Waals surface area contributed by atoms with Crippen molar-refractivity contribution in [2.24, 2.45) is 11.8 Å². The highest BCUT2D eigenvalue weighted by molar-refractivity contribution is 6.36. The fraction of sp³-hybridized carbons (Fsp3) is 0.391. The minimum absolute atomic E-state index is 0.108. The maximum Gasteiger partial charge on any atom is 0.235 e. The van der Waals surface area contributed by atoms with Crippen LogP contribution in [0.2, 0.25) is 0 Å². The van der Waals surface area contributed by atoms with E-state index in [-0.39, 0.29) is 24.5 Å². The van der Waals surface area contributed by atoms with Gasteiger partial charge in [-0.2, -0.15) is 0 Å². The van der Waals surface area contributed by atoms with Crippen molar-refractivity contribution >= 4 is 35.0 Å². The van der Waals surface area contributed by atoms with E-state index >= 15 is 0 Å². The number of hydrogen-bond donors (Lipinski definition) is 0. The van der Waals surface area contributed by atoms with Gasteiger partial charge in [0.1, 0.15) is 9.75 Å². The molecule has 4 nitrogen and oxygen atoms in total. The maximum absolute atomic E-state index is 13.6. The second kappa shape index (κ2) is 5.84. The van der Waals surface area contributed by atoms with Crippen molar-refractivity contribution in [3.63, 3.8) is 0 Å². The van der Waals surface area contributed by atoms with Crippen LogP contribution in [0, 0.1) is 11.8 Å². The Morgan fingerprint density at radius 1 is 0.862 bits per heavy atom. The molecule has 2 bridgehead atoms. The Bertz CT molecular complexity index is 940. The molecule has 148 valence electrons. The average molecular weight is 428 g/mol. The van der Waals surface area contributed by atoms with Crippen LogP contribution < -0.4 is 0 Å². The first-order chi connectivity index (χ1) is 14.0. The van der Waals surface area contributed by atoms with E-state index in [1.165, 1.54) is 4.90 Å². The van der Waals surface area contributed by atoms with Crippen molar-refractivity contribution in [2.45, 2.75) is 28.7 Å². The molecule has 5 aliphatic rings. The van der Waals surface area contributed by atoms with Crippen molar-refractivity contribution in [3.8, 4) is 0 Å². The van der Waals surface area contributed by atoms with E-state index in [0.29, 0.717) is 6.61 Å². The van der Waals surface area contributed by atoms with Crippen molar-refractivity contribution in [2.75, 3.05) is 13.2 Å². The lowest BCUT2D eigenvalue weighted by molar-refractivity contribution is -0.141. The third-order valence-corrected chi connectivity index (χ3v) is 8.37. The van der Waals surface area contributed by atoms with Crippen LogP contribution in [0.5, 0.6) is 0 Å². The highest BCUT2D eigenvalue weighted by Crippen LogP contribution is 2.69.